The van der Waals surface area contributed by atoms with E-state index < -0.39 is 43.5 Å². The highest BCUT2D eigenvalue weighted by Crippen LogP contribution is 2.40. The van der Waals surface area contributed by atoms with Gasteiger partial charge in [0.15, 0.2) is 5.75 Å². The number of carbonyl (C=O) groups excluding carboxylic acids is 1. The number of carbonyl (C=O) groups is 1. The van der Waals surface area contributed by atoms with Crippen LogP contribution in [0.25, 0.3) is 0 Å². The van der Waals surface area contributed by atoms with Crippen LogP contribution in [-0.4, -0.2) is 58.4 Å². The highest BCUT2D eigenvalue weighted by atomic mass is 35.5. The number of amides is 1. The molecule has 0 radical (unpaired) electrons. The number of fused-ring (bicyclic) bond motifs is 2. The number of ether oxygens (including phenoxy) is 2. The van der Waals surface area contributed by atoms with Crippen molar-refractivity contribution in [2.45, 2.75) is 26.4 Å². The first-order valence-corrected chi connectivity index (χ1v) is 9.33. The summed E-state index contributed by atoms with van der Waals surface area (Å²) < 4.78 is 80.3. The van der Waals surface area contributed by atoms with E-state index in [1.165, 1.54) is 57.2 Å². The lowest BCUT2D eigenvalue weighted by molar-refractivity contribution is 0.0187. The summed E-state index contributed by atoms with van der Waals surface area (Å²) in [6, 6.07) is 7.89. The van der Waals surface area contributed by atoms with E-state index in [0.29, 0.717) is 0 Å². The molecule has 158 valence electrons. The molecule has 0 aliphatic carbocycles. The summed E-state index contributed by atoms with van der Waals surface area (Å²) >= 11 is 6.18. The van der Waals surface area contributed by atoms with E-state index in [9.17, 15) is 9.90 Å². The van der Waals surface area contributed by atoms with Crippen LogP contribution in [0.5, 0.6) is 17.2 Å². The Morgan fingerprint density at radius 3 is 2.60 bits per heavy atom. The molecule has 1 saturated heterocycles. The zero-order valence-corrected chi connectivity index (χ0v) is 17.1. The summed E-state index contributed by atoms with van der Waals surface area (Å²) in [6.45, 7) is -9.49. The molecule has 2 aromatic rings. The minimum absolute atomic E-state index is 0.000190. The van der Waals surface area contributed by atoms with Crippen LogP contribution in [0, 0.1) is 0 Å². The van der Waals surface area contributed by atoms with Crippen LogP contribution < -0.4 is 4.74 Å². The molecule has 4 rings (SSSR count). The average molecular weight is 438 g/mol. The number of phenolic OH excluding ortho intramolecular Hbond substituents is 1. The smallest absolute Gasteiger partial charge is 0.410 e. The van der Waals surface area contributed by atoms with Crippen molar-refractivity contribution in [3.05, 3.63) is 47.0 Å². The topological polar surface area (TPSA) is 74.6 Å². The molecule has 0 atom stereocenters. The molecule has 30 heavy (non-hydrogen) atoms. The van der Waals surface area contributed by atoms with Gasteiger partial charge in [-0.15, -0.1) is 0 Å². The van der Waals surface area contributed by atoms with Gasteiger partial charge >= 0.3 is 6.09 Å². The lowest BCUT2D eigenvalue weighted by Gasteiger charge is -2.37. The Morgan fingerprint density at radius 2 is 1.90 bits per heavy atom. The van der Waals surface area contributed by atoms with Crippen molar-refractivity contribution in [1.82, 2.24) is 9.80 Å². The number of nitrogens with zero attached hydrogens (tertiary/aromatic N) is 3. The number of halogens is 1. The van der Waals surface area contributed by atoms with Crippen molar-refractivity contribution in [1.29, 1.82) is 0 Å². The van der Waals surface area contributed by atoms with Gasteiger partial charge in [-0.2, -0.15) is 0 Å². The van der Waals surface area contributed by atoms with E-state index in [4.69, 9.17) is 32.0 Å². The molecule has 1 amide bonds. The second-order valence-electron chi connectivity index (χ2n) is 7.43. The van der Waals surface area contributed by atoms with Gasteiger partial charge in [-0.3, -0.25) is 0 Å². The Bertz CT molecular complexity index is 1320. The quantitative estimate of drug-likeness (QED) is 0.641. The minimum atomic E-state index is -3.49. The molecule has 7 nitrogen and oxygen atoms in total. The molecule has 1 fully saturated rings. The molecule has 0 saturated carbocycles. The Kier molecular flexibility index (Phi) is 3.27. The fraction of sp³-hybridized carbons (Fsp3) is 0.364. The number of amidine groups is 1. The van der Waals surface area contributed by atoms with E-state index in [1.54, 1.807) is 0 Å². The number of hydrogen-bond acceptors (Lipinski definition) is 6. The van der Waals surface area contributed by atoms with Crippen molar-refractivity contribution < 1.29 is 30.3 Å². The molecule has 0 aromatic heterocycles. The van der Waals surface area contributed by atoms with E-state index in [2.05, 4.69) is 4.99 Å². The van der Waals surface area contributed by atoms with Crippen LogP contribution in [0.15, 0.2) is 41.4 Å². The van der Waals surface area contributed by atoms with Crippen LogP contribution in [0.1, 0.15) is 37.3 Å². The lowest BCUT2D eigenvalue weighted by Crippen LogP contribution is -2.51. The fourth-order valence-electron chi connectivity index (χ4n) is 2.67. The predicted octanol–water partition coefficient (Wildman–Crippen LogP) is 4.78. The molecule has 2 aliphatic heterocycles. The maximum atomic E-state index is 13.0. The Morgan fingerprint density at radius 1 is 1.17 bits per heavy atom. The van der Waals surface area contributed by atoms with Crippen LogP contribution in [0.2, 0.25) is 5.02 Å². The van der Waals surface area contributed by atoms with Gasteiger partial charge < -0.3 is 24.4 Å². The average Bonchev–Trinajstić information content (AvgIpc) is 2.87. The summed E-state index contributed by atoms with van der Waals surface area (Å²) in [7, 11) is 0. The summed E-state index contributed by atoms with van der Waals surface area (Å²) in [5.74, 6) is -0.719. The van der Waals surface area contributed by atoms with E-state index in [0.717, 1.165) is 0 Å². The summed E-state index contributed by atoms with van der Waals surface area (Å²) in [4.78, 5) is 17.3. The number of aliphatic imine (C=N–C) groups is 1. The highest BCUT2D eigenvalue weighted by Gasteiger charge is 2.29. The highest BCUT2D eigenvalue weighted by molar-refractivity contribution is 6.31. The summed E-state index contributed by atoms with van der Waals surface area (Å²) in [5, 5.41) is 10.0. The monoisotopic (exact) mass is 437 g/mol. The lowest BCUT2D eigenvalue weighted by atomic mass is 10.1. The number of hydrogen-bond donors (Lipinski definition) is 1. The first-order valence-electron chi connectivity index (χ1n) is 12.9. The Balaban J connectivity index is 2.00. The summed E-state index contributed by atoms with van der Waals surface area (Å²) in [6.07, 6.45) is -1.59. The third kappa shape index (κ3) is 4.31. The number of benzene rings is 2. The third-order valence-electron chi connectivity index (χ3n) is 3.91. The molecular weight excluding hydrogens is 406 g/mol. The van der Waals surface area contributed by atoms with Crippen molar-refractivity contribution in [2.24, 2.45) is 4.99 Å². The molecule has 2 aliphatic rings. The van der Waals surface area contributed by atoms with Crippen molar-refractivity contribution >= 4 is 29.2 Å². The third-order valence-corrected chi connectivity index (χ3v) is 4.14. The first kappa shape index (κ1) is 12.7. The maximum absolute atomic E-state index is 13.0. The van der Waals surface area contributed by atoms with Crippen LogP contribution in [-0.2, 0) is 4.74 Å². The van der Waals surface area contributed by atoms with E-state index >= 15 is 0 Å². The zero-order chi connectivity index (χ0) is 28.6. The minimum Gasteiger partial charge on any atom is -0.508 e. The second kappa shape index (κ2) is 7.72. The normalized spacial score (nSPS) is 26.7. The van der Waals surface area contributed by atoms with Gasteiger partial charge in [-0.1, -0.05) is 11.6 Å². The van der Waals surface area contributed by atoms with Gasteiger partial charge in [-0.25, -0.2) is 9.79 Å². The SMILES string of the molecule is [2H]C1([2H])N(C(=O)OC(C)(C)C)C([2H])([2H])C([2H])([2H])N(C2=Nc3ccc(O)cc3Oc3ccc(Cl)cc32)C1([2H])[2H]. The number of phenols is 1. The van der Waals surface area contributed by atoms with Gasteiger partial charge in [0.2, 0.25) is 0 Å². The van der Waals surface area contributed by atoms with Gasteiger partial charge in [0.1, 0.15) is 28.6 Å². The maximum Gasteiger partial charge on any atom is 0.410 e. The molecule has 2 aromatic carbocycles. The van der Waals surface area contributed by atoms with E-state index in [-0.39, 0.29) is 43.3 Å². The largest absolute Gasteiger partial charge is 0.508 e. The van der Waals surface area contributed by atoms with E-state index in [1.807, 2.05) is 0 Å². The second-order valence-corrected chi connectivity index (χ2v) is 7.86. The molecule has 1 N–H and O–H groups in total. The molecule has 0 unspecified atom stereocenters. The predicted molar refractivity (Wildman–Crippen MR) is 115 cm³/mol. The number of piperazine rings is 1. The zero-order valence-electron chi connectivity index (χ0n) is 24.4. The molecule has 0 spiro atoms. The van der Waals surface area contributed by atoms with Crippen LogP contribution in [0.3, 0.4) is 0 Å². The van der Waals surface area contributed by atoms with Gasteiger partial charge in [0, 0.05) is 37.1 Å². The van der Waals surface area contributed by atoms with Crippen molar-refractivity contribution in [3.63, 3.8) is 0 Å². The van der Waals surface area contributed by atoms with Crippen molar-refractivity contribution in [2.75, 3.05) is 26.0 Å². The number of aromatic hydroxyl groups is 1. The Hall–Kier alpha value is -2.93. The standard InChI is InChI=1S/C22H24ClN3O4/c1-22(2,3)30-21(28)26-10-8-25(9-11-26)20-16-12-14(23)4-7-18(16)29-19-13-15(27)5-6-17(19)24-20/h4-7,12-13,27H,8-11H2,1-3H3/i8D2,9D2,10D2,11D2. The Labute approximate surface area is 191 Å². The van der Waals surface area contributed by atoms with Crippen molar-refractivity contribution in [3.8, 4) is 17.2 Å². The number of rotatable bonds is 0. The molecule has 0 bridgehead atoms. The molecular formula is C22H24ClN3O4. The summed E-state index contributed by atoms with van der Waals surface area (Å²) in [5.41, 5.74) is -1.29. The molecule has 2 heterocycles. The van der Waals surface area contributed by atoms with Gasteiger partial charge in [0.05, 0.1) is 16.5 Å². The fourth-order valence-corrected chi connectivity index (χ4v) is 2.84. The van der Waals surface area contributed by atoms with Gasteiger partial charge in [-0.05, 0) is 51.1 Å². The first-order chi connectivity index (χ1) is 17.2. The van der Waals surface area contributed by atoms with Gasteiger partial charge in [0.25, 0.3) is 0 Å². The van der Waals surface area contributed by atoms with Crippen LogP contribution in [0.4, 0.5) is 10.5 Å². The van der Waals surface area contributed by atoms with Crippen LogP contribution >= 0.6 is 11.6 Å². The molecule has 8 heteroatoms.